The van der Waals surface area contributed by atoms with E-state index in [0.29, 0.717) is 0 Å². The molecule has 2 heterocycles. The Kier molecular flexibility index (Phi) is 11.2. The molecule has 2 aromatic carbocycles. The van der Waals surface area contributed by atoms with Gasteiger partial charge in [0.1, 0.15) is 48.8 Å². The van der Waals surface area contributed by atoms with Crippen molar-refractivity contribution >= 4 is 5.91 Å². The number of amides is 1. The van der Waals surface area contributed by atoms with Crippen LogP contribution in [0.3, 0.4) is 0 Å². The lowest BCUT2D eigenvalue weighted by molar-refractivity contribution is -0.359. The van der Waals surface area contributed by atoms with Crippen molar-refractivity contribution in [3.8, 4) is 0 Å². The molecule has 10 atom stereocenters. The number of rotatable bonds is 11. The highest BCUT2D eigenvalue weighted by atomic mass is 16.7. The van der Waals surface area contributed by atoms with Crippen LogP contribution in [-0.4, -0.2) is 129 Å². The number of hydrogen-bond acceptors (Lipinski definition) is 12. The van der Waals surface area contributed by atoms with E-state index in [1.165, 1.54) is 0 Å². The molecular weight excluding hydrogens is 542 g/mol. The van der Waals surface area contributed by atoms with Gasteiger partial charge in [0.25, 0.3) is 0 Å². The second kappa shape index (κ2) is 14.6. The molecule has 2 aromatic rings. The molecule has 2 saturated heterocycles. The fourth-order valence-corrected chi connectivity index (χ4v) is 4.93. The molecule has 0 unspecified atom stereocenters. The first kappa shape index (κ1) is 31.4. The Hall–Kier alpha value is -2.53. The van der Waals surface area contributed by atoms with Gasteiger partial charge in [-0.15, -0.1) is 0 Å². The molecule has 2 fully saturated rings. The maximum Gasteiger partial charge on any atom is 0.232 e. The van der Waals surface area contributed by atoms with E-state index in [1.807, 2.05) is 60.7 Å². The van der Waals surface area contributed by atoms with Gasteiger partial charge < -0.3 is 60.0 Å². The zero-order valence-electron chi connectivity index (χ0n) is 22.1. The molecule has 0 aliphatic carbocycles. The number of benzene rings is 2. The van der Waals surface area contributed by atoms with Crippen LogP contribution in [0.2, 0.25) is 0 Å². The minimum atomic E-state index is -1.76. The molecule has 2 aliphatic heterocycles. The largest absolute Gasteiger partial charge is 0.394 e. The lowest BCUT2D eigenvalue weighted by atomic mass is 9.90. The third kappa shape index (κ3) is 7.28. The number of aliphatic hydroxyl groups excluding tert-OH is 7. The van der Waals surface area contributed by atoms with Crippen molar-refractivity contribution in [2.75, 3.05) is 26.4 Å². The molecule has 8 N–H and O–H groups in total. The summed E-state index contributed by atoms with van der Waals surface area (Å²) in [6.07, 6.45) is -15.4. The van der Waals surface area contributed by atoms with E-state index in [-0.39, 0.29) is 19.1 Å². The summed E-state index contributed by atoms with van der Waals surface area (Å²) < 4.78 is 22.0. The van der Waals surface area contributed by atoms with E-state index < -0.39 is 80.5 Å². The van der Waals surface area contributed by atoms with Gasteiger partial charge in [-0.25, -0.2) is 0 Å². The number of carbonyl (C=O) groups is 1. The van der Waals surface area contributed by atoms with Crippen molar-refractivity contribution in [3.63, 3.8) is 0 Å². The molecule has 1 amide bonds. The fraction of sp³-hybridized carbons (Fsp3) is 0.536. The summed E-state index contributed by atoms with van der Waals surface area (Å²) in [6.45, 7) is -1.43. The van der Waals surface area contributed by atoms with Crippen molar-refractivity contribution in [1.82, 2.24) is 5.32 Å². The third-order valence-corrected chi connectivity index (χ3v) is 7.17. The zero-order chi connectivity index (χ0) is 29.5. The predicted molar refractivity (Wildman–Crippen MR) is 140 cm³/mol. The Balaban J connectivity index is 1.33. The van der Waals surface area contributed by atoms with E-state index in [9.17, 15) is 40.5 Å². The molecule has 13 nitrogen and oxygen atoms in total. The Labute approximate surface area is 236 Å². The van der Waals surface area contributed by atoms with Gasteiger partial charge in [0.2, 0.25) is 5.91 Å². The van der Waals surface area contributed by atoms with E-state index in [0.717, 1.165) is 11.1 Å². The number of hydrogen-bond donors (Lipinski definition) is 8. The van der Waals surface area contributed by atoms with Crippen molar-refractivity contribution in [2.45, 2.75) is 67.3 Å². The lowest BCUT2D eigenvalue weighted by Crippen LogP contribution is -2.64. The van der Waals surface area contributed by atoms with Crippen LogP contribution in [-0.2, 0) is 23.7 Å². The maximum absolute atomic E-state index is 13.1. The summed E-state index contributed by atoms with van der Waals surface area (Å²) in [6, 6.07) is 18.6. The Morgan fingerprint density at radius 1 is 0.732 bits per heavy atom. The van der Waals surface area contributed by atoms with Crippen LogP contribution >= 0.6 is 0 Å². The van der Waals surface area contributed by atoms with Crippen LogP contribution in [0.15, 0.2) is 60.7 Å². The van der Waals surface area contributed by atoms with Crippen LogP contribution in [0, 0.1) is 0 Å². The highest BCUT2D eigenvalue weighted by Crippen LogP contribution is 2.30. The van der Waals surface area contributed by atoms with Gasteiger partial charge in [0, 0.05) is 6.54 Å². The average Bonchev–Trinajstić information content (AvgIpc) is 2.99. The van der Waals surface area contributed by atoms with Gasteiger partial charge in [-0.3, -0.25) is 4.79 Å². The van der Waals surface area contributed by atoms with Gasteiger partial charge >= 0.3 is 0 Å². The van der Waals surface area contributed by atoms with Crippen LogP contribution in [0.25, 0.3) is 0 Å². The monoisotopic (exact) mass is 579 g/mol. The SMILES string of the molecule is O=C(NCCO[C@H]1O[C@@H](CO)[C@H](O[C@@H]2O[C@@H](CO)[C@H](O)[C@@H](O)[C@@H]2O)[C@@H](O)[C@@H]1O)C(c1ccccc1)c1ccccc1. The molecule has 0 saturated carbocycles. The molecule has 0 bridgehead atoms. The van der Waals surface area contributed by atoms with Gasteiger partial charge in [-0.2, -0.15) is 0 Å². The second-order valence-electron chi connectivity index (χ2n) is 9.92. The molecule has 2 aliphatic rings. The number of carbonyl (C=O) groups excluding carboxylic acids is 1. The minimum absolute atomic E-state index is 0.0479. The summed E-state index contributed by atoms with van der Waals surface area (Å²) >= 11 is 0. The predicted octanol–water partition coefficient (Wildman–Crippen LogP) is -2.42. The summed E-state index contributed by atoms with van der Waals surface area (Å²) in [5.74, 6) is -0.827. The molecule has 0 spiro atoms. The van der Waals surface area contributed by atoms with Gasteiger partial charge in [-0.05, 0) is 11.1 Å². The van der Waals surface area contributed by atoms with Crippen molar-refractivity contribution < 1.29 is 59.5 Å². The van der Waals surface area contributed by atoms with Crippen LogP contribution in [0.4, 0.5) is 0 Å². The normalized spacial score (nSPS) is 34.0. The lowest BCUT2D eigenvalue weighted by Gasteiger charge is -2.45. The summed E-state index contributed by atoms with van der Waals surface area (Å²) in [5, 5.41) is 73.5. The van der Waals surface area contributed by atoms with E-state index in [4.69, 9.17) is 18.9 Å². The molecule has 226 valence electrons. The zero-order valence-corrected chi connectivity index (χ0v) is 22.1. The fourth-order valence-electron chi connectivity index (χ4n) is 4.93. The van der Waals surface area contributed by atoms with Gasteiger partial charge in [0.15, 0.2) is 12.6 Å². The van der Waals surface area contributed by atoms with Crippen molar-refractivity contribution in [1.29, 1.82) is 0 Å². The first-order valence-corrected chi connectivity index (χ1v) is 13.3. The molecular formula is C28H37NO12. The van der Waals surface area contributed by atoms with Gasteiger partial charge in [0.05, 0.1) is 25.7 Å². The molecule has 13 heteroatoms. The quantitative estimate of drug-likeness (QED) is 0.131. The second-order valence-corrected chi connectivity index (χ2v) is 9.92. The number of nitrogens with one attached hydrogen (secondary N) is 1. The first-order chi connectivity index (χ1) is 19.8. The van der Waals surface area contributed by atoms with Crippen molar-refractivity contribution in [2.24, 2.45) is 0 Å². The van der Waals surface area contributed by atoms with Crippen LogP contribution < -0.4 is 5.32 Å². The van der Waals surface area contributed by atoms with Gasteiger partial charge in [-0.1, -0.05) is 60.7 Å². The van der Waals surface area contributed by atoms with Crippen molar-refractivity contribution in [3.05, 3.63) is 71.8 Å². The first-order valence-electron chi connectivity index (χ1n) is 13.3. The highest BCUT2D eigenvalue weighted by Gasteiger charge is 2.50. The molecule has 41 heavy (non-hydrogen) atoms. The Morgan fingerprint density at radius 3 is 1.83 bits per heavy atom. The van der Waals surface area contributed by atoms with Crippen LogP contribution in [0.5, 0.6) is 0 Å². The standard InChI is InChI=1S/C28H37NO12/c30-13-17-20(32)21(33)23(35)28(39-17)41-25-18(14-31)40-27(24(36)22(25)34)38-12-11-29-26(37)19(15-7-3-1-4-8-15)16-9-5-2-6-10-16/h1-10,17-25,27-28,30-36H,11-14H2,(H,29,37)/t17-,18-,20-,21+,22-,23-,24-,25-,27-,28-/m0/s1. The Morgan fingerprint density at radius 2 is 1.27 bits per heavy atom. The topological polar surface area (TPSA) is 208 Å². The van der Waals surface area contributed by atoms with E-state index in [2.05, 4.69) is 5.32 Å². The molecule has 0 aromatic heterocycles. The summed E-state index contributed by atoms with van der Waals surface area (Å²) in [4.78, 5) is 13.1. The minimum Gasteiger partial charge on any atom is -0.394 e. The molecule has 4 rings (SSSR count). The van der Waals surface area contributed by atoms with E-state index >= 15 is 0 Å². The smallest absolute Gasteiger partial charge is 0.232 e. The Bertz CT molecular complexity index is 1030. The number of aliphatic hydroxyl groups is 7. The van der Waals surface area contributed by atoms with E-state index in [1.54, 1.807) is 0 Å². The number of ether oxygens (including phenoxy) is 4. The molecule has 0 radical (unpaired) electrons. The maximum atomic E-state index is 13.1. The summed E-state index contributed by atoms with van der Waals surface area (Å²) in [5.41, 5.74) is 1.62. The highest BCUT2D eigenvalue weighted by molar-refractivity contribution is 5.87. The summed E-state index contributed by atoms with van der Waals surface area (Å²) in [7, 11) is 0. The van der Waals surface area contributed by atoms with Crippen LogP contribution in [0.1, 0.15) is 17.0 Å². The average molecular weight is 580 g/mol. The third-order valence-electron chi connectivity index (χ3n) is 7.17.